The fourth-order valence-corrected chi connectivity index (χ4v) is 4.20. The highest BCUT2D eigenvalue weighted by molar-refractivity contribution is 7.16. The van der Waals surface area contributed by atoms with Crippen molar-refractivity contribution in [3.05, 3.63) is 62.4 Å². The Morgan fingerprint density at radius 3 is 2.65 bits per heavy atom. The largest absolute Gasteiger partial charge is 0.496 e. The van der Waals surface area contributed by atoms with Gasteiger partial charge in [0.05, 0.1) is 35.3 Å². The van der Waals surface area contributed by atoms with Crippen molar-refractivity contribution in [2.45, 2.75) is 26.8 Å². The standard InChI is InChI=1S/C21H21N3O6S/c1-4-30-20(26)12-23-16-7-6-15(24(27)28)11-18(16)31-21(23)22-19(25)10-14-5-8-17(29-3)13(2)9-14/h5-9,11H,4,10,12H2,1-3H3. The molecule has 0 N–H and O–H groups in total. The summed E-state index contributed by atoms with van der Waals surface area (Å²) in [5.41, 5.74) is 2.17. The van der Waals surface area contributed by atoms with E-state index in [-0.39, 0.29) is 30.1 Å². The maximum Gasteiger partial charge on any atom is 0.326 e. The molecule has 3 aromatic rings. The molecule has 2 aromatic carbocycles. The van der Waals surface area contributed by atoms with Gasteiger partial charge in [0.1, 0.15) is 12.3 Å². The number of non-ortho nitro benzene ring substituents is 1. The van der Waals surface area contributed by atoms with Crippen LogP contribution in [0.15, 0.2) is 41.4 Å². The van der Waals surface area contributed by atoms with Crippen molar-refractivity contribution in [3.8, 4) is 5.75 Å². The molecule has 9 nitrogen and oxygen atoms in total. The summed E-state index contributed by atoms with van der Waals surface area (Å²) >= 11 is 1.11. The topological polar surface area (TPSA) is 113 Å². The van der Waals surface area contributed by atoms with Gasteiger partial charge in [-0.1, -0.05) is 23.5 Å². The van der Waals surface area contributed by atoms with Crippen LogP contribution < -0.4 is 9.54 Å². The zero-order valence-corrected chi connectivity index (χ0v) is 18.1. The molecule has 0 fully saturated rings. The van der Waals surface area contributed by atoms with Crippen LogP contribution >= 0.6 is 11.3 Å². The summed E-state index contributed by atoms with van der Waals surface area (Å²) in [6.45, 7) is 3.65. The average molecular weight is 443 g/mol. The van der Waals surface area contributed by atoms with E-state index in [1.807, 2.05) is 13.0 Å². The zero-order valence-electron chi connectivity index (χ0n) is 17.3. The number of thiazole rings is 1. The Bertz CT molecular complexity index is 1230. The number of nitro benzene ring substituents is 1. The second-order valence-electron chi connectivity index (χ2n) is 6.67. The van der Waals surface area contributed by atoms with E-state index >= 15 is 0 Å². The van der Waals surface area contributed by atoms with Crippen LogP contribution in [0, 0.1) is 17.0 Å². The van der Waals surface area contributed by atoms with Crippen molar-refractivity contribution in [1.82, 2.24) is 4.57 Å². The summed E-state index contributed by atoms with van der Waals surface area (Å²) in [7, 11) is 1.58. The van der Waals surface area contributed by atoms with Crippen LogP contribution in [0.3, 0.4) is 0 Å². The predicted octanol–water partition coefficient (Wildman–Crippen LogP) is 3.16. The quantitative estimate of drug-likeness (QED) is 0.315. The lowest BCUT2D eigenvalue weighted by Gasteiger charge is -2.06. The van der Waals surface area contributed by atoms with Crippen LogP contribution in [0.25, 0.3) is 10.2 Å². The van der Waals surface area contributed by atoms with Crippen LogP contribution in [0.1, 0.15) is 18.1 Å². The molecule has 1 heterocycles. The lowest BCUT2D eigenvalue weighted by atomic mass is 10.1. The third kappa shape index (κ3) is 5.15. The molecular weight excluding hydrogens is 422 g/mol. The first-order chi connectivity index (χ1) is 14.8. The van der Waals surface area contributed by atoms with Gasteiger partial charge in [-0.25, -0.2) is 0 Å². The molecule has 31 heavy (non-hydrogen) atoms. The first-order valence-electron chi connectivity index (χ1n) is 9.46. The zero-order chi connectivity index (χ0) is 22.5. The minimum Gasteiger partial charge on any atom is -0.496 e. The third-order valence-corrected chi connectivity index (χ3v) is 5.55. The molecule has 3 rings (SSSR count). The van der Waals surface area contributed by atoms with E-state index in [4.69, 9.17) is 9.47 Å². The number of carbonyl (C=O) groups excluding carboxylic acids is 2. The Labute approximate surface area is 181 Å². The average Bonchev–Trinajstić information content (AvgIpc) is 3.04. The highest BCUT2D eigenvalue weighted by Gasteiger charge is 2.15. The number of hydrogen-bond acceptors (Lipinski definition) is 7. The van der Waals surface area contributed by atoms with E-state index in [0.717, 1.165) is 28.2 Å². The summed E-state index contributed by atoms with van der Waals surface area (Å²) in [4.78, 5) is 39.8. The van der Waals surface area contributed by atoms with E-state index < -0.39 is 16.8 Å². The van der Waals surface area contributed by atoms with Crippen LogP contribution in [0.2, 0.25) is 0 Å². The molecule has 0 aliphatic rings. The van der Waals surface area contributed by atoms with Crippen molar-refractivity contribution in [2.75, 3.05) is 13.7 Å². The van der Waals surface area contributed by atoms with Crippen LogP contribution in [0.4, 0.5) is 5.69 Å². The fourth-order valence-electron chi connectivity index (χ4n) is 3.12. The normalized spacial score (nSPS) is 11.5. The first kappa shape index (κ1) is 22.2. The minimum absolute atomic E-state index is 0.0681. The van der Waals surface area contributed by atoms with Gasteiger partial charge in [-0.15, -0.1) is 0 Å². The molecule has 0 atom stereocenters. The number of fused-ring (bicyclic) bond motifs is 1. The Hall–Kier alpha value is -3.53. The predicted molar refractivity (Wildman–Crippen MR) is 115 cm³/mol. The number of hydrogen-bond donors (Lipinski definition) is 0. The van der Waals surface area contributed by atoms with Gasteiger partial charge in [-0.3, -0.25) is 19.7 Å². The van der Waals surface area contributed by atoms with Gasteiger partial charge >= 0.3 is 5.97 Å². The van der Waals surface area contributed by atoms with Crippen molar-refractivity contribution in [2.24, 2.45) is 4.99 Å². The molecule has 0 unspecified atom stereocenters. The van der Waals surface area contributed by atoms with Crippen LogP contribution in [0.5, 0.6) is 5.75 Å². The monoisotopic (exact) mass is 443 g/mol. The minimum atomic E-state index is -0.497. The highest BCUT2D eigenvalue weighted by Crippen LogP contribution is 2.23. The van der Waals surface area contributed by atoms with E-state index in [1.54, 1.807) is 36.8 Å². The van der Waals surface area contributed by atoms with Gasteiger partial charge in [0.25, 0.3) is 11.6 Å². The molecule has 0 saturated heterocycles. The van der Waals surface area contributed by atoms with Gasteiger partial charge in [-0.2, -0.15) is 4.99 Å². The summed E-state index contributed by atoms with van der Waals surface area (Å²) in [6, 6.07) is 9.73. The van der Waals surface area contributed by atoms with Gasteiger partial charge in [0.2, 0.25) is 0 Å². The molecule has 0 aliphatic carbocycles. The number of amides is 1. The molecule has 0 bridgehead atoms. The first-order valence-corrected chi connectivity index (χ1v) is 10.3. The molecule has 1 aromatic heterocycles. The number of ether oxygens (including phenoxy) is 2. The maximum atomic E-state index is 12.6. The summed E-state index contributed by atoms with van der Waals surface area (Å²) in [5, 5.41) is 11.1. The number of aromatic nitrogens is 1. The smallest absolute Gasteiger partial charge is 0.326 e. The SMILES string of the molecule is CCOC(=O)Cn1c(=NC(=O)Cc2ccc(OC)c(C)c2)sc2cc([N+](=O)[O-])ccc21. The lowest BCUT2D eigenvalue weighted by Crippen LogP contribution is -2.23. The van der Waals surface area contributed by atoms with Crippen LogP contribution in [-0.2, 0) is 27.3 Å². The van der Waals surface area contributed by atoms with E-state index in [0.29, 0.717) is 10.2 Å². The van der Waals surface area contributed by atoms with Crippen molar-refractivity contribution >= 4 is 39.1 Å². The number of benzene rings is 2. The Morgan fingerprint density at radius 1 is 1.23 bits per heavy atom. The third-order valence-electron chi connectivity index (χ3n) is 4.50. The van der Waals surface area contributed by atoms with Gasteiger partial charge in [0, 0.05) is 12.1 Å². The number of esters is 1. The number of methoxy groups -OCH3 is 1. The lowest BCUT2D eigenvalue weighted by molar-refractivity contribution is -0.384. The fraction of sp³-hybridized carbons (Fsp3) is 0.286. The summed E-state index contributed by atoms with van der Waals surface area (Å²) in [6.07, 6.45) is 0.0681. The van der Waals surface area contributed by atoms with Crippen molar-refractivity contribution in [3.63, 3.8) is 0 Å². The molecule has 1 amide bonds. The number of nitrogens with zero attached hydrogens (tertiary/aromatic N) is 3. The van der Waals surface area contributed by atoms with E-state index in [2.05, 4.69) is 4.99 Å². The number of aryl methyl sites for hydroxylation is 1. The number of carbonyl (C=O) groups is 2. The number of nitro groups is 1. The summed E-state index contributed by atoms with van der Waals surface area (Å²) in [5.74, 6) is -0.157. The molecule has 10 heteroatoms. The Morgan fingerprint density at radius 2 is 2.00 bits per heavy atom. The Balaban J connectivity index is 2.00. The van der Waals surface area contributed by atoms with E-state index in [1.165, 1.54) is 12.1 Å². The molecular formula is C21H21N3O6S. The van der Waals surface area contributed by atoms with Gasteiger partial charge < -0.3 is 14.0 Å². The highest BCUT2D eigenvalue weighted by atomic mass is 32.1. The Kier molecular flexibility index (Phi) is 6.81. The molecule has 0 spiro atoms. The maximum absolute atomic E-state index is 12.6. The number of rotatable bonds is 7. The second kappa shape index (κ2) is 9.52. The molecule has 0 saturated carbocycles. The van der Waals surface area contributed by atoms with Gasteiger partial charge in [0.15, 0.2) is 4.80 Å². The van der Waals surface area contributed by atoms with Crippen molar-refractivity contribution in [1.29, 1.82) is 0 Å². The van der Waals surface area contributed by atoms with Crippen LogP contribution in [-0.4, -0.2) is 35.1 Å². The van der Waals surface area contributed by atoms with E-state index in [9.17, 15) is 19.7 Å². The second-order valence-corrected chi connectivity index (χ2v) is 7.68. The summed E-state index contributed by atoms with van der Waals surface area (Å²) < 4.78 is 12.3. The molecule has 0 radical (unpaired) electrons. The van der Waals surface area contributed by atoms with Crippen molar-refractivity contribution < 1.29 is 24.0 Å². The van der Waals surface area contributed by atoms with Gasteiger partial charge in [-0.05, 0) is 37.1 Å². The molecule has 162 valence electrons. The molecule has 0 aliphatic heterocycles.